The molecule has 2 aromatic carbocycles. The summed E-state index contributed by atoms with van der Waals surface area (Å²) in [5.74, 6) is -0.540. The highest BCUT2D eigenvalue weighted by Crippen LogP contribution is 2.20. The van der Waals surface area contributed by atoms with E-state index >= 15 is 0 Å². The van der Waals surface area contributed by atoms with Gasteiger partial charge in [-0.1, -0.05) is 18.2 Å². The molecule has 3 rings (SSSR count). The molecule has 1 heterocycles. The fraction of sp³-hybridized carbons (Fsp3) is 0.200. The van der Waals surface area contributed by atoms with Crippen LogP contribution in [0.4, 0.5) is 5.69 Å². The van der Waals surface area contributed by atoms with E-state index in [1.807, 2.05) is 13.8 Å². The number of carbonyl (C=O) groups is 2. The molecule has 27 heavy (non-hydrogen) atoms. The highest BCUT2D eigenvalue weighted by molar-refractivity contribution is 6.02. The lowest BCUT2D eigenvalue weighted by atomic mass is 10.1. The molecule has 7 heteroatoms. The molecule has 1 amide bonds. The van der Waals surface area contributed by atoms with Crippen LogP contribution >= 0.6 is 0 Å². The SMILES string of the molecule is CC(=O)Nc1ccc(OC(=O)c2nn(C(C)C)c(=O)c3ccccc23)cc1. The van der Waals surface area contributed by atoms with Crippen LogP contribution in [0.1, 0.15) is 37.3 Å². The summed E-state index contributed by atoms with van der Waals surface area (Å²) in [5.41, 5.74) is 0.417. The second-order valence-corrected chi connectivity index (χ2v) is 6.33. The Hall–Kier alpha value is -3.48. The molecule has 0 spiro atoms. The minimum atomic E-state index is -0.659. The summed E-state index contributed by atoms with van der Waals surface area (Å²) in [6, 6.07) is 13.0. The van der Waals surface area contributed by atoms with E-state index in [0.29, 0.717) is 22.2 Å². The first-order chi connectivity index (χ1) is 12.9. The van der Waals surface area contributed by atoms with E-state index in [2.05, 4.69) is 10.4 Å². The van der Waals surface area contributed by atoms with Crippen LogP contribution in [-0.2, 0) is 4.79 Å². The van der Waals surface area contributed by atoms with Crippen molar-refractivity contribution >= 4 is 28.3 Å². The van der Waals surface area contributed by atoms with Crippen LogP contribution in [-0.4, -0.2) is 21.7 Å². The number of hydrogen-bond donors (Lipinski definition) is 1. The predicted molar refractivity (Wildman–Crippen MR) is 102 cm³/mol. The lowest BCUT2D eigenvalue weighted by Crippen LogP contribution is -2.28. The Morgan fingerprint density at radius 2 is 1.67 bits per heavy atom. The molecule has 1 N–H and O–H groups in total. The number of benzene rings is 2. The van der Waals surface area contributed by atoms with Gasteiger partial charge in [-0.15, -0.1) is 0 Å². The van der Waals surface area contributed by atoms with Crippen molar-refractivity contribution in [3.05, 3.63) is 64.6 Å². The minimum Gasteiger partial charge on any atom is -0.422 e. The number of rotatable bonds is 4. The van der Waals surface area contributed by atoms with Crippen molar-refractivity contribution < 1.29 is 14.3 Å². The predicted octanol–water partition coefficient (Wildman–Crippen LogP) is 3.16. The molecule has 0 saturated heterocycles. The standard InChI is InChI=1S/C20H19N3O4/c1-12(2)23-19(25)17-7-5-4-6-16(17)18(22-23)20(26)27-15-10-8-14(9-11-15)21-13(3)24/h4-12H,1-3H3,(H,21,24). The van der Waals surface area contributed by atoms with Gasteiger partial charge < -0.3 is 10.1 Å². The molecule has 0 saturated carbocycles. The monoisotopic (exact) mass is 365 g/mol. The van der Waals surface area contributed by atoms with E-state index in [1.54, 1.807) is 48.5 Å². The van der Waals surface area contributed by atoms with Gasteiger partial charge in [0.15, 0.2) is 5.69 Å². The Morgan fingerprint density at radius 1 is 1.04 bits per heavy atom. The van der Waals surface area contributed by atoms with Crippen LogP contribution in [0.15, 0.2) is 53.3 Å². The summed E-state index contributed by atoms with van der Waals surface area (Å²) in [6.45, 7) is 5.05. The van der Waals surface area contributed by atoms with Gasteiger partial charge in [-0.05, 0) is 44.2 Å². The molecule has 0 aliphatic carbocycles. The van der Waals surface area contributed by atoms with Crippen molar-refractivity contribution in [3.8, 4) is 5.75 Å². The Balaban J connectivity index is 1.97. The molecule has 7 nitrogen and oxygen atoms in total. The van der Waals surface area contributed by atoms with Crippen LogP contribution in [0, 0.1) is 0 Å². The summed E-state index contributed by atoms with van der Waals surface area (Å²) in [6.07, 6.45) is 0. The van der Waals surface area contributed by atoms with E-state index < -0.39 is 5.97 Å². The molecule has 0 bridgehead atoms. The van der Waals surface area contributed by atoms with Crippen LogP contribution in [0.25, 0.3) is 10.8 Å². The zero-order chi connectivity index (χ0) is 19.6. The topological polar surface area (TPSA) is 90.3 Å². The number of fused-ring (bicyclic) bond motifs is 1. The first-order valence-corrected chi connectivity index (χ1v) is 8.48. The fourth-order valence-corrected chi connectivity index (χ4v) is 2.67. The molecule has 0 atom stereocenters. The lowest BCUT2D eigenvalue weighted by molar-refractivity contribution is -0.114. The second kappa shape index (κ2) is 7.41. The molecule has 0 radical (unpaired) electrons. The van der Waals surface area contributed by atoms with Gasteiger partial charge in [0.25, 0.3) is 5.56 Å². The van der Waals surface area contributed by atoms with Crippen LogP contribution in [0.3, 0.4) is 0 Å². The number of anilines is 1. The number of esters is 1. The lowest BCUT2D eigenvalue weighted by Gasteiger charge is -2.13. The number of amides is 1. The van der Waals surface area contributed by atoms with Gasteiger partial charge >= 0.3 is 5.97 Å². The Morgan fingerprint density at radius 3 is 2.26 bits per heavy atom. The van der Waals surface area contributed by atoms with E-state index in [4.69, 9.17) is 4.74 Å². The molecule has 138 valence electrons. The number of aromatic nitrogens is 2. The fourth-order valence-electron chi connectivity index (χ4n) is 2.67. The summed E-state index contributed by atoms with van der Waals surface area (Å²) >= 11 is 0. The smallest absolute Gasteiger partial charge is 0.364 e. The Bertz CT molecular complexity index is 1070. The molecule has 0 aliphatic rings. The van der Waals surface area contributed by atoms with Crippen LogP contribution in [0.5, 0.6) is 5.75 Å². The number of carbonyl (C=O) groups excluding carboxylic acids is 2. The second-order valence-electron chi connectivity index (χ2n) is 6.33. The van der Waals surface area contributed by atoms with Crippen molar-refractivity contribution in [3.63, 3.8) is 0 Å². The Kier molecular flexibility index (Phi) is 5.03. The highest BCUT2D eigenvalue weighted by atomic mass is 16.5. The third-order valence-corrected chi connectivity index (χ3v) is 3.90. The number of nitrogens with one attached hydrogen (secondary N) is 1. The van der Waals surface area contributed by atoms with Gasteiger partial charge in [-0.25, -0.2) is 9.48 Å². The van der Waals surface area contributed by atoms with Gasteiger partial charge in [0.1, 0.15) is 5.75 Å². The van der Waals surface area contributed by atoms with E-state index in [1.165, 1.54) is 11.6 Å². The quantitative estimate of drug-likeness (QED) is 0.566. The van der Waals surface area contributed by atoms with Crippen molar-refractivity contribution in [1.29, 1.82) is 0 Å². The summed E-state index contributed by atoms with van der Waals surface area (Å²) in [4.78, 5) is 36.3. The Labute approximate surface area is 155 Å². The van der Waals surface area contributed by atoms with Crippen LogP contribution in [0.2, 0.25) is 0 Å². The van der Waals surface area contributed by atoms with E-state index in [-0.39, 0.29) is 23.2 Å². The van der Waals surface area contributed by atoms with E-state index in [0.717, 1.165) is 0 Å². The maximum Gasteiger partial charge on any atom is 0.364 e. The minimum absolute atomic E-state index is 0.0739. The van der Waals surface area contributed by atoms with Gasteiger partial charge in [-0.3, -0.25) is 9.59 Å². The normalized spacial score (nSPS) is 10.8. The molecular weight excluding hydrogens is 346 g/mol. The summed E-state index contributed by atoms with van der Waals surface area (Å²) < 4.78 is 6.69. The zero-order valence-electron chi connectivity index (χ0n) is 15.2. The molecule has 0 unspecified atom stereocenters. The zero-order valence-corrected chi connectivity index (χ0v) is 15.2. The van der Waals surface area contributed by atoms with Crippen molar-refractivity contribution in [2.24, 2.45) is 0 Å². The van der Waals surface area contributed by atoms with Gasteiger partial charge in [0.05, 0.1) is 11.4 Å². The average molecular weight is 365 g/mol. The largest absolute Gasteiger partial charge is 0.422 e. The van der Waals surface area contributed by atoms with Crippen molar-refractivity contribution in [2.75, 3.05) is 5.32 Å². The molecular formula is C20H19N3O4. The molecule has 3 aromatic rings. The summed E-state index contributed by atoms with van der Waals surface area (Å²) in [5, 5.41) is 7.72. The third-order valence-electron chi connectivity index (χ3n) is 3.90. The third kappa shape index (κ3) is 3.87. The van der Waals surface area contributed by atoms with Gasteiger partial charge in [-0.2, -0.15) is 5.10 Å². The maximum absolute atomic E-state index is 12.7. The van der Waals surface area contributed by atoms with E-state index in [9.17, 15) is 14.4 Å². The number of hydrogen-bond acceptors (Lipinski definition) is 5. The first-order valence-electron chi connectivity index (χ1n) is 8.48. The highest BCUT2D eigenvalue weighted by Gasteiger charge is 2.19. The van der Waals surface area contributed by atoms with Gasteiger partial charge in [0, 0.05) is 18.0 Å². The molecule has 0 aliphatic heterocycles. The number of ether oxygens (including phenoxy) is 1. The maximum atomic E-state index is 12.7. The number of nitrogens with zero attached hydrogens (tertiary/aromatic N) is 2. The van der Waals surface area contributed by atoms with Crippen LogP contribution < -0.4 is 15.6 Å². The van der Waals surface area contributed by atoms with Crippen molar-refractivity contribution in [2.45, 2.75) is 26.8 Å². The first kappa shape index (κ1) is 18.3. The average Bonchev–Trinajstić information content (AvgIpc) is 2.63. The van der Waals surface area contributed by atoms with Gasteiger partial charge in [0.2, 0.25) is 5.91 Å². The van der Waals surface area contributed by atoms with Crippen molar-refractivity contribution in [1.82, 2.24) is 9.78 Å². The molecule has 0 fully saturated rings. The molecule has 1 aromatic heterocycles. The summed E-state index contributed by atoms with van der Waals surface area (Å²) in [7, 11) is 0.